The Kier molecular flexibility index (Phi) is 3.05. The number of fused-ring (bicyclic) bond motifs is 1. The molecule has 2 aromatic rings. The molecule has 4 nitrogen and oxygen atoms in total. The van der Waals surface area contributed by atoms with Crippen molar-refractivity contribution < 1.29 is 14.3 Å². The van der Waals surface area contributed by atoms with Crippen molar-refractivity contribution in [3.05, 3.63) is 71.3 Å². The Labute approximate surface area is 128 Å². The number of rotatable bonds is 2. The van der Waals surface area contributed by atoms with Crippen LogP contribution >= 0.6 is 0 Å². The van der Waals surface area contributed by atoms with E-state index in [9.17, 15) is 9.59 Å². The lowest BCUT2D eigenvalue weighted by atomic mass is 9.93. The molecule has 22 heavy (non-hydrogen) atoms. The number of amides is 2. The van der Waals surface area contributed by atoms with Gasteiger partial charge < -0.3 is 4.74 Å². The summed E-state index contributed by atoms with van der Waals surface area (Å²) in [5.41, 5.74) is 2.08. The van der Waals surface area contributed by atoms with Gasteiger partial charge in [-0.15, -0.1) is 0 Å². The number of hydrogen-bond donors (Lipinski definition) is 0. The predicted octanol–water partition coefficient (Wildman–Crippen LogP) is 2.47. The van der Waals surface area contributed by atoms with E-state index in [4.69, 9.17) is 4.74 Å². The van der Waals surface area contributed by atoms with Crippen molar-refractivity contribution in [2.24, 2.45) is 0 Å². The number of imide groups is 1. The standard InChI is InChI=1S/C18H15NO3/c20-17-13-8-4-5-9-14(13)18(21)19(17)16-11-22-10-15(16)12-6-2-1-3-7-12/h1-9,15-16H,10-11H2/t15-,16+/m1/s1. The molecule has 0 saturated carbocycles. The summed E-state index contributed by atoms with van der Waals surface area (Å²) in [6.07, 6.45) is 0. The average Bonchev–Trinajstić information content (AvgIpc) is 3.13. The van der Waals surface area contributed by atoms with Crippen molar-refractivity contribution in [3.8, 4) is 0 Å². The van der Waals surface area contributed by atoms with Crippen LogP contribution in [0.5, 0.6) is 0 Å². The van der Waals surface area contributed by atoms with Crippen molar-refractivity contribution in [2.45, 2.75) is 12.0 Å². The fourth-order valence-electron chi connectivity index (χ4n) is 3.33. The lowest BCUT2D eigenvalue weighted by Gasteiger charge is -2.26. The second-order valence-electron chi connectivity index (χ2n) is 5.65. The Morgan fingerprint density at radius 1 is 0.818 bits per heavy atom. The van der Waals surface area contributed by atoms with Gasteiger partial charge in [0.05, 0.1) is 30.4 Å². The maximum absolute atomic E-state index is 12.6. The second kappa shape index (κ2) is 5.07. The molecule has 0 aromatic heterocycles. The summed E-state index contributed by atoms with van der Waals surface area (Å²) in [6.45, 7) is 0.924. The van der Waals surface area contributed by atoms with E-state index in [1.54, 1.807) is 24.3 Å². The zero-order valence-electron chi connectivity index (χ0n) is 11.9. The van der Waals surface area contributed by atoms with E-state index in [0.29, 0.717) is 24.3 Å². The Morgan fingerprint density at radius 2 is 1.41 bits per heavy atom. The molecule has 2 heterocycles. The van der Waals surface area contributed by atoms with Crippen LogP contribution in [0.4, 0.5) is 0 Å². The van der Waals surface area contributed by atoms with E-state index < -0.39 is 0 Å². The van der Waals surface area contributed by atoms with Crippen LogP contribution in [-0.4, -0.2) is 36.0 Å². The highest BCUT2D eigenvalue weighted by Crippen LogP contribution is 2.34. The molecule has 2 aliphatic rings. The monoisotopic (exact) mass is 293 g/mol. The van der Waals surface area contributed by atoms with Crippen LogP contribution in [0.15, 0.2) is 54.6 Å². The molecule has 0 aliphatic carbocycles. The van der Waals surface area contributed by atoms with Gasteiger partial charge in [0, 0.05) is 5.92 Å². The predicted molar refractivity (Wildman–Crippen MR) is 80.7 cm³/mol. The molecular formula is C18H15NO3. The molecular weight excluding hydrogens is 278 g/mol. The number of ether oxygens (including phenoxy) is 1. The van der Waals surface area contributed by atoms with Crippen LogP contribution in [0.3, 0.4) is 0 Å². The van der Waals surface area contributed by atoms with Gasteiger partial charge in [0.1, 0.15) is 0 Å². The van der Waals surface area contributed by atoms with E-state index in [0.717, 1.165) is 5.56 Å². The molecule has 0 radical (unpaired) electrons. The zero-order chi connectivity index (χ0) is 15.1. The Bertz CT molecular complexity index is 706. The molecule has 1 saturated heterocycles. The van der Waals surface area contributed by atoms with Crippen LogP contribution in [0, 0.1) is 0 Å². The second-order valence-corrected chi connectivity index (χ2v) is 5.65. The normalized spacial score (nSPS) is 23.9. The first-order chi connectivity index (χ1) is 10.8. The summed E-state index contributed by atoms with van der Waals surface area (Å²) >= 11 is 0. The van der Waals surface area contributed by atoms with E-state index in [-0.39, 0.29) is 23.8 Å². The first-order valence-electron chi connectivity index (χ1n) is 7.37. The summed E-state index contributed by atoms with van der Waals surface area (Å²) in [6, 6.07) is 16.7. The van der Waals surface area contributed by atoms with Crippen molar-refractivity contribution in [1.29, 1.82) is 0 Å². The van der Waals surface area contributed by atoms with Gasteiger partial charge in [0.25, 0.3) is 11.8 Å². The maximum atomic E-state index is 12.6. The third kappa shape index (κ3) is 1.88. The Hall–Kier alpha value is -2.46. The largest absolute Gasteiger partial charge is 0.379 e. The van der Waals surface area contributed by atoms with Gasteiger partial charge in [-0.05, 0) is 17.7 Å². The van der Waals surface area contributed by atoms with Gasteiger partial charge in [0.2, 0.25) is 0 Å². The van der Waals surface area contributed by atoms with Gasteiger partial charge in [0.15, 0.2) is 0 Å². The molecule has 1 fully saturated rings. The molecule has 2 atom stereocenters. The summed E-state index contributed by atoms with van der Waals surface area (Å²) in [5, 5.41) is 0. The minimum atomic E-state index is -0.241. The molecule has 4 rings (SSSR count). The number of nitrogens with zero attached hydrogens (tertiary/aromatic N) is 1. The smallest absolute Gasteiger partial charge is 0.261 e. The minimum Gasteiger partial charge on any atom is -0.379 e. The number of carbonyl (C=O) groups excluding carboxylic acids is 2. The zero-order valence-corrected chi connectivity index (χ0v) is 11.9. The first kappa shape index (κ1) is 13.2. The number of benzene rings is 2. The first-order valence-corrected chi connectivity index (χ1v) is 7.37. The molecule has 4 heteroatoms. The molecule has 0 N–H and O–H groups in total. The van der Waals surface area contributed by atoms with Crippen LogP contribution in [0.25, 0.3) is 0 Å². The quantitative estimate of drug-likeness (QED) is 0.799. The molecule has 0 spiro atoms. The van der Waals surface area contributed by atoms with Crippen LogP contribution in [0.2, 0.25) is 0 Å². The van der Waals surface area contributed by atoms with Crippen LogP contribution in [-0.2, 0) is 4.74 Å². The summed E-state index contributed by atoms with van der Waals surface area (Å²) in [5.74, 6) is -0.391. The van der Waals surface area contributed by atoms with Gasteiger partial charge >= 0.3 is 0 Å². The maximum Gasteiger partial charge on any atom is 0.261 e. The molecule has 0 bridgehead atoms. The minimum absolute atomic E-state index is 0.0309. The number of carbonyl (C=O) groups is 2. The highest BCUT2D eigenvalue weighted by atomic mass is 16.5. The highest BCUT2D eigenvalue weighted by molar-refractivity contribution is 6.21. The molecule has 110 valence electrons. The SMILES string of the molecule is O=C1c2ccccc2C(=O)N1[C@H]1COC[C@@H]1c1ccccc1. The Morgan fingerprint density at radius 3 is 2.05 bits per heavy atom. The third-order valence-electron chi connectivity index (χ3n) is 4.44. The third-order valence-corrected chi connectivity index (χ3v) is 4.44. The van der Waals surface area contributed by atoms with Gasteiger partial charge in [-0.3, -0.25) is 14.5 Å². The molecule has 2 aromatic carbocycles. The molecule has 2 amide bonds. The summed E-state index contributed by atoms with van der Waals surface area (Å²) < 4.78 is 5.59. The summed E-state index contributed by atoms with van der Waals surface area (Å²) in [4.78, 5) is 26.6. The van der Waals surface area contributed by atoms with Gasteiger partial charge in [-0.25, -0.2) is 0 Å². The van der Waals surface area contributed by atoms with Gasteiger partial charge in [-0.2, -0.15) is 0 Å². The fourth-order valence-corrected chi connectivity index (χ4v) is 3.33. The van der Waals surface area contributed by atoms with E-state index >= 15 is 0 Å². The van der Waals surface area contributed by atoms with Crippen molar-refractivity contribution in [1.82, 2.24) is 4.90 Å². The molecule has 0 unspecified atom stereocenters. The number of hydrogen-bond acceptors (Lipinski definition) is 3. The van der Waals surface area contributed by atoms with E-state index in [1.165, 1.54) is 4.90 Å². The topological polar surface area (TPSA) is 46.6 Å². The average molecular weight is 293 g/mol. The van der Waals surface area contributed by atoms with Crippen LogP contribution < -0.4 is 0 Å². The summed E-state index contributed by atoms with van der Waals surface area (Å²) in [7, 11) is 0. The van der Waals surface area contributed by atoms with Crippen molar-refractivity contribution in [3.63, 3.8) is 0 Å². The lowest BCUT2D eigenvalue weighted by Crippen LogP contribution is -2.43. The lowest BCUT2D eigenvalue weighted by molar-refractivity contribution is 0.0558. The highest BCUT2D eigenvalue weighted by Gasteiger charge is 2.45. The fraction of sp³-hybridized carbons (Fsp3) is 0.222. The molecule has 2 aliphatic heterocycles. The van der Waals surface area contributed by atoms with Crippen molar-refractivity contribution in [2.75, 3.05) is 13.2 Å². The Balaban J connectivity index is 1.71. The van der Waals surface area contributed by atoms with Crippen LogP contribution in [0.1, 0.15) is 32.2 Å². The van der Waals surface area contributed by atoms with E-state index in [1.807, 2.05) is 30.3 Å². The van der Waals surface area contributed by atoms with E-state index in [2.05, 4.69) is 0 Å². The van der Waals surface area contributed by atoms with Crippen molar-refractivity contribution >= 4 is 11.8 Å². The van der Waals surface area contributed by atoms with Gasteiger partial charge in [-0.1, -0.05) is 42.5 Å².